The second kappa shape index (κ2) is 7.43. The highest BCUT2D eigenvalue weighted by Crippen LogP contribution is 2.46. The fourth-order valence-corrected chi connectivity index (χ4v) is 4.96. The number of anilines is 1. The normalized spacial score (nSPS) is 21.0. The van der Waals surface area contributed by atoms with Gasteiger partial charge in [-0.3, -0.25) is 4.79 Å². The lowest BCUT2D eigenvalue weighted by Gasteiger charge is -2.37. The lowest BCUT2D eigenvalue weighted by atomic mass is 10.2. The number of piperazine rings is 1. The Hall–Kier alpha value is -2.02. The van der Waals surface area contributed by atoms with Crippen molar-refractivity contribution in [2.24, 2.45) is 0 Å². The molecule has 0 spiro atoms. The van der Waals surface area contributed by atoms with Crippen LogP contribution in [0.4, 0.5) is 5.69 Å². The molecule has 2 heterocycles. The first-order chi connectivity index (χ1) is 13.7. The van der Waals surface area contributed by atoms with Gasteiger partial charge >= 0.3 is 0 Å². The number of para-hydroxylation sites is 1. The molecule has 28 heavy (non-hydrogen) atoms. The maximum absolute atomic E-state index is 13.0. The van der Waals surface area contributed by atoms with Crippen LogP contribution in [0, 0.1) is 0 Å². The summed E-state index contributed by atoms with van der Waals surface area (Å²) in [6.07, 6.45) is 4.90. The summed E-state index contributed by atoms with van der Waals surface area (Å²) in [4.78, 5) is 17.4. The van der Waals surface area contributed by atoms with E-state index < -0.39 is 0 Å². The van der Waals surface area contributed by atoms with Crippen molar-refractivity contribution in [3.05, 3.63) is 36.2 Å². The van der Waals surface area contributed by atoms with Gasteiger partial charge in [0.1, 0.15) is 5.82 Å². The molecule has 1 aromatic heterocycles. The molecule has 3 fully saturated rings. The number of nitrogens with zero attached hydrogens (tertiary/aromatic N) is 5. The van der Waals surface area contributed by atoms with Crippen molar-refractivity contribution >= 4 is 23.4 Å². The molecule has 6 nitrogen and oxygen atoms in total. The van der Waals surface area contributed by atoms with Gasteiger partial charge in [0.25, 0.3) is 0 Å². The van der Waals surface area contributed by atoms with Gasteiger partial charge in [0, 0.05) is 43.8 Å². The van der Waals surface area contributed by atoms with Gasteiger partial charge in [-0.05, 0) is 44.7 Å². The summed E-state index contributed by atoms with van der Waals surface area (Å²) in [7, 11) is 0. The van der Waals surface area contributed by atoms with E-state index in [1.807, 2.05) is 17.9 Å². The van der Waals surface area contributed by atoms with Crippen LogP contribution >= 0.6 is 11.8 Å². The topological polar surface area (TPSA) is 54.3 Å². The minimum Gasteiger partial charge on any atom is -0.368 e. The fraction of sp³-hybridized carbons (Fsp3) is 0.571. The third-order valence-electron chi connectivity index (χ3n) is 5.89. The number of thioether (sulfide) groups is 1. The smallest absolute Gasteiger partial charge is 0.236 e. The SMILES string of the molecule is C[C@@H](Sc1nnc(C2CC2)n1C1CC1)C(=O)N1CCN(c2ccccc2)CC1. The van der Waals surface area contributed by atoms with Gasteiger partial charge in [-0.1, -0.05) is 30.0 Å². The van der Waals surface area contributed by atoms with Crippen LogP contribution in [-0.2, 0) is 4.79 Å². The number of hydrogen-bond acceptors (Lipinski definition) is 5. The summed E-state index contributed by atoms with van der Waals surface area (Å²) < 4.78 is 2.33. The molecule has 0 bridgehead atoms. The van der Waals surface area contributed by atoms with Gasteiger partial charge in [0.05, 0.1) is 5.25 Å². The average Bonchev–Trinajstić information content (AvgIpc) is 3.67. The number of hydrogen-bond donors (Lipinski definition) is 0. The Morgan fingerprint density at radius 3 is 2.39 bits per heavy atom. The van der Waals surface area contributed by atoms with E-state index in [4.69, 9.17) is 0 Å². The first-order valence-electron chi connectivity index (χ1n) is 10.4. The number of aromatic nitrogens is 3. The number of carbonyl (C=O) groups is 1. The Balaban J connectivity index is 1.21. The van der Waals surface area contributed by atoms with Crippen LogP contribution < -0.4 is 4.90 Å². The van der Waals surface area contributed by atoms with E-state index in [2.05, 4.69) is 43.9 Å². The Morgan fingerprint density at radius 1 is 1.04 bits per heavy atom. The molecular formula is C21H27N5OS. The van der Waals surface area contributed by atoms with Gasteiger partial charge in [-0.25, -0.2) is 0 Å². The van der Waals surface area contributed by atoms with Gasteiger partial charge < -0.3 is 14.4 Å². The zero-order chi connectivity index (χ0) is 19.1. The average molecular weight is 398 g/mol. The Bertz CT molecular complexity index is 838. The first kappa shape index (κ1) is 18.0. The van der Waals surface area contributed by atoms with Gasteiger partial charge in [-0.2, -0.15) is 0 Å². The molecular weight excluding hydrogens is 370 g/mol. The highest BCUT2D eigenvalue weighted by atomic mass is 32.2. The summed E-state index contributed by atoms with van der Waals surface area (Å²) >= 11 is 1.59. The predicted octanol–water partition coefficient (Wildman–Crippen LogP) is 3.32. The third-order valence-corrected chi connectivity index (χ3v) is 6.93. The second-order valence-corrected chi connectivity index (χ2v) is 9.43. The largest absolute Gasteiger partial charge is 0.368 e. The molecule has 5 rings (SSSR count). The molecule has 148 valence electrons. The molecule has 0 unspecified atom stereocenters. The minimum absolute atomic E-state index is 0.128. The third kappa shape index (κ3) is 3.64. The van der Waals surface area contributed by atoms with Gasteiger partial charge in [0.2, 0.25) is 5.91 Å². The van der Waals surface area contributed by atoms with Crippen molar-refractivity contribution in [1.29, 1.82) is 0 Å². The maximum atomic E-state index is 13.0. The number of carbonyl (C=O) groups excluding carboxylic acids is 1. The van der Waals surface area contributed by atoms with Crippen LogP contribution in [0.2, 0.25) is 0 Å². The van der Waals surface area contributed by atoms with E-state index in [1.54, 1.807) is 11.8 Å². The molecule has 2 saturated carbocycles. The standard InChI is InChI=1S/C21H27N5OS/c1-15(28-21-23-22-19(16-7-8-16)26(21)18-9-10-18)20(27)25-13-11-24(12-14-25)17-5-3-2-4-6-17/h2-6,15-16,18H,7-14H2,1H3/t15-/m1/s1. The molecule has 1 amide bonds. The number of rotatable bonds is 6. The van der Waals surface area contributed by atoms with E-state index in [1.165, 1.54) is 31.4 Å². The molecule has 2 aliphatic carbocycles. The Morgan fingerprint density at radius 2 is 1.75 bits per heavy atom. The number of benzene rings is 1. The first-order valence-corrected chi connectivity index (χ1v) is 11.3. The molecule has 0 radical (unpaired) electrons. The molecule has 1 aliphatic heterocycles. The van der Waals surface area contributed by atoms with E-state index >= 15 is 0 Å². The van der Waals surface area contributed by atoms with Crippen LogP contribution in [0.3, 0.4) is 0 Å². The summed E-state index contributed by atoms with van der Waals surface area (Å²) in [6.45, 7) is 5.34. The lowest BCUT2D eigenvalue weighted by molar-refractivity contribution is -0.130. The minimum atomic E-state index is -0.128. The second-order valence-electron chi connectivity index (χ2n) is 8.12. The van der Waals surface area contributed by atoms with E-state index in [0.29, 0.717) is 12.0 Å². The molecule has 1 saturated heterocycles. The maximum Gasteiger partial charge on any atom is 0.236 e. The van der Waals surface area contributed by atoms with Crippen LogP contribution in [0.25, 0.3) is 0 Å². The van der Waals surface area contributed by atoms with Crippen molar-refractivity contribution in [2.45, 2.75) is 55.0 Å². The monoisotopic (exact) mass is 397 g/mol. The summed E-state index contributed by atoms with van der Waals surface area (Å²) in [5.74, 6) is 1.97. The van der Waals surface area contributed by atoms with Crippen molar-refractivity contribution in [2.75, 3.05) is 31.1 Å². The van der Waals surface area contributed by atoms with Crippen molar-refractivity contribution in [1.82, 2.24) is 19.7 Å². The quantitative estimate of drug-likeness (QED) is 0.700. The summed E-state index contributed by atoms with van der Waals surface area (Å²) in [6, 6.07) is 11.0. The molecule has 1 aromatic carbocycles. The van der Waals surface area contributed by atoms with Crippen LogP contribution in [0.5, 0.6) is 0 Å². The van der Waals surface area contributed by atoms with Crippen molar-refractivity contribution in [3.8, 4) is 0 Å². The van der Waals surface area contributed by atoms with Crippen LogP contribution in [-0.4, -0.2) is 57.0 Å². The van der Waals surface area contributed by atoms with Gasteiger partial charge in [-0.15, -0.1) is 10.2 Å². The van der Waals surface area contributed by atoms with Gasteiger partial charge in [0.15, 0.2) is 5.16 Å². The Kier molecular flexibility index (Phi) is 4.78. The van der Waals surface area contributed by atoms with Crippen LogP contribution in [0.1, 0.15) is 50.4 Å². The Labute approximate surface area is 170 Å². The highest BCUT2D eigenvalue weighted by molar-refractivity contribution is 8.00. The molecule has 1 atom stereocenters. The molecule has 2 aromatic rings. The zero-order valence-corrected chi connectivity index (χ0v) is 17.1. The van der Waals surface area contributed by atoms with E-state index in [-0.39, 0.29) is 11.2 Å². The van der Waals surface area contributed by atoms with Crippen molar-refractivity contribution < 1.29 is 4.79 Å². The van der Waals surface area contributed by atoms with Crippen LogP contribution in [0.15, 0.2) is 35.5 Å². The molecule has 0 N–H and O–H groups in total. The predicted molar refractivity (Wildman–Crippen MR) is 111 cm³/mol. The fourth-order valence-electron chi connectivity index (χ4n) is 3.95. The van der Waals surface area contributed by atoms with E-state index in [0.717, 1.165) is 37.2 Å². The summed E-state index contributed by atoms with van der Waals surface area (Å²) in [5.41, 5.74) is 1.24. The molecule has 3 aliphatic rings. The lowest BCUT2D eigenvalue weighted by Crippen LogP contribution is -2.50. The summed E-state index contributed by atoms with van der Waals surface area (Å²) in [5, 5.41) is 9.73. The highest BCUT2D eigenvalue weighted by Gasteiger charge is 2.37. The molecule has 7 heteroatoms. The van der Waals surface area contributed by atoms with Crippen molar-refractivity contribution in [3.63, 3.8) is 0 Å². The zero-order valence-electron chi connectivity index (χ0n) is 16.3. The number of amides is 1. The van der Waals surface area contributed by atoms with E-state index in [9.17, 15) is 4.79 Å².